The van der Waals surface area contributed by atoms with Crippen molar-refractivity contribution in [2.45, 2.75) is 26.7 Å². The van der Waals surface area contributed by atoms with Crippen LogP contribution in [0.2, 0.25) is 0 Å². The molecule has 2 radical (unpaired) electrons. The standard InChI is InChI=1S/2C15H13.C6H5.CH3.2ClH.Si.Zr/c2*1-2-11-9-13-8-7-12-5-3-4-6-14(12)15(13)10-11;1-2-4-6-5-3-1;;;;;/h2*3-10H,2H2,1H3;1-5H;1H3;2*1H;;/q4*-1;;;;. The molecular weight excluding hydrogens is 635 g/mol. The van der Waals surface area contributed by atoms with Gasteiger partial charge >= 0.3 is 30.2 Å². The van der Waals surface area contributed by atoms with Gasteiger partial charge in [-0.2, -0.15) is 48.5 Å². The van der Waals surface area contributed by atoms with Gasteiger partial charge in [0.25, 0.3) is 0 Å². The second-order valence-electron chi connectivity index (χ2n) is 9.09. The third-order valence-corrected chi connectivity index (χ3v) is 6.77. The maximum absolute atomic E-state index is 3.06. The quantitative estimate of drug-likeness (QED) is 0.127. The molecule has 7 aromatic rings. The third-order valence-electron chi connectivity index (χ3n) is 6.77. The van der Waals surface area contributed by atoms with Gasteiger partial charge < -0.3 is 7.43 Å². The minimum absolute atomic E-state index is 0. The van der Waals surface area contributed by atoms with Crippen molar-refractivity contribution in [2.24, 2.45) is 0 Å². The molecule has 0 nitrogen and oxygen atoms in total. The van der Waals surface area contributed by atoms with Crippen LogP contribution in [0.15, 0.2) is 127 Å². The Morgan fingerprint density at radius 3 is 1.29 bits per heavy atom. The van der Waals surface area contributed by atoms with Crippen LogP contribution in [-0.4, -0.2) is 6.88 Å². The molecule has 0 atom stereocenters. The monoisotopic (exact) mass is 668 g/mol. The normalized spacial score (nSPS) is 9.49. The first-order valence-corrected chi connectivity index (χ1v) is 17.3. The van der Waals surface area contributed by atoms with Crippen molar-refractivity contribution >= 4 is 74.8 Å². The van der Waals surface area contributed by atoms with E-state index in [1.54, 1.807) is 0 Å². The number of rotatable bonds is 2. The summed E-state index contributed by atoms with van der Waals surface area (Å²) in [5.41, 5.74) is 2.86. The third kappa shape index (κ3) is 9.25. The summed E-state index contributed by atoms with van der Waals surface area (Å²) in [4.78, 5) is 0. The van der Waals surface area contributed by atoms with Gasteiger partial charge in [0, 0.05) is 0 Å². The summed E-state index contributed by atoms with van der Waals surface area (Å²) in [6.07, 6.45) is 2.23. The number of halogens is 2. The molecule has 0 aliphatic carbocycles. The van der Waals surface area contributed by atoms with Crippen molar-refractivity contribution in [1.29, 1.82) is 0 Å². The van der Waals surface area contributed by atoms with Crippen LogP contribution in [0, 0.1) is 13.5 Å². The van der Waals surface area contributed by atoms with E-state index in [0.717, 1.165) is 12.8 Å². The first-order valence-electron chi connectivity index (χ1n) is 13.1. The van der Waals surface area contributed by atoms with Crippen molar-refractivity contribution in [1.82, 2.24) is 0 Å². The van der Waals surface area contributed by atoms with Crippen molar-refractivity contribution < 1.29 is 23.3 Å². The number of hydrogen-bond donors (Lipinski definition) is 0. The molecule has 41 heavy (non-hydrogen) atoms. The Morgan fingerprint density at radius 1 is 0.561 bits per heavy atom. The van der Waals surface area contributed by atoms with Crippen LogP contribution >= 0.6 is 24.8 Å². The molecule has 0 aliphatic heterocycles. The average Bonchev–Trinajstić information content (AvgIpc) is 3.64. The zero-order valence-electron chi connectivity index (χ0n) is 23.9. The van der Waals surface area contributed by atoms with Crippen LogP contribution < -0.4 is 0 Å². The molecule has 0 bridgehead atoms. The molecule has 0 unspecified atom stereocenters. The molecule has 0 spiro atoms. The SMILES string of the molecule is CCc1cc2ccc3ccccc3c2[cH-]1.CCc1cc2ccc3ccccc3c2[cH-]1.Cl.Cl.[CH3-].[Si]=[Zr].[c-]1ccccc1. The maximum Gasteiger partial charge on any atom is -0.171 e. The Balaban J connectivity index is 0.000000308. The van der Waals surface area contributed by atoms with Crippen LogP contribution in [0.4, 0.5) is 0 Å². The predicted octanol–water partition coefficient (Wildman–Crippen LogP) is 10.9. The molecule has 210 valence electrons. The first-order chi connectivity index (χ1) is 18.8. The summed E-state index contributed by atoms with van der Waals surface area (Å²) in [7, 11) is 0. The molecule has 7 rings (SSSR count). The van der Waals surface area contributed by atoms with Gasteiger partial charge in [0.2, 0.25) is 0 Å². The molecule has 0 amide bonds. The van der Waals surface area contributed by atoms with Crippen molar-refractivity contribution in [3.05, 3.63) is 152 Å². The van der Waals surface area contributed by atoms with Crippen molar-refractivity contribution in [3.63, 3.8) is 0 Å². The topological polar surface area (TPSA) is 0 Å². The van der Waals surface area contributed by atoms with E-state index in [4.69, 9.17) is 0 Å². The second kappa shape index (κ2) is 18.9. The van der Waals surface area contributed by atoms with Gasteiger partial charge in [-0.05, 0) is 12.8 Å². The summed E-state index contributed by atoms with van der Waals surface area (Å²) in [6, 6.07) is 47.7. The Hall–Kier alpha value is -2.48. The van der Waals surface area contributed by atoms with Gasteiger partial charge in [-0.1, -0.05) is 96.1 Å². The molecule has 7 aromatic carbocycles. The largest absolute Gasteiger partial charge is 0.184 e. The minimum atomic E-state index is 0. The van der Waals surface area contributed by atoms with E-state index >= 15 is 0 Å². The molecule has 0 aromatic heterocycles. The van der Waals surface area contributed by atoms with Crippen molar-refractivity contribution in [3.8, 4) is 0 Å². The first kappa shape index (κ1) is 36.5. The molecule has 0 saturated heterocycles. The zero-order chi connectivity index (χ0) is 26.7. The van der Waals surface area contributed by atoms with Gasteiger partial charge in [0.15, 0.2) is 0 Å². The molecule has 0 N–H and O–H groups in total. The number of aryl methyl sites for hydroxylation is 2. The van der Waals surface area contributed by atoms with E-state index in [1.165, 1.54) is 77.6 Å². The van der Waals surface area contributed by atoms with Crippen LogP contribution in [0.3, 0.4) is 0 Å². The molecule has 0 aliphatic rings. The smallest absolute Gasteiger partial charge is 0.171 e. The molecule has 4 heteroatoms. The predicted molar refractivity (Wildman–Crippen MR) is 185 cm³/mol. The Morgan fingerprint density at radius 2 is 0.951 bits per heavy atom. The van der Waals surface area contributed by atoms with Crippen LogP contribution in [0.5, 0.6) is 0 Å². The average molecular weight is 671 g/mol. The zero-order valence-corrected chi connectivity index (χ0v) is 28.9. The van der Waals surface area contributed by atoms with Crippen LogP contribution in [0.25, 0.3) is 43.1 Å². The molecule has 0 fully saturated rings. The van der Waals surface area contributed by atoms with Gasteiger partial charge in [0.05, 0.1) is 0 Å². The van der Waals surface area contributed by atoms with E-state index < -0.39 is 0 Å². The van der Waals surface area contributed by atoms with Gasteiger partial charge in [0.1, 0.15) is 0 Å². The summed E-state index contributed by atoms with van der Waals surface area (Å²) < 4.78 is 0. The number of hydrogen-bond acceptors (Lipinski definition) is 0. The Bertz CT molecular complexity index is 1590. The minimum Gasteiger partial charge on any atom is -0.184 e. The van der Waals surface area contributed by atoms with E-state index in [-0.39, 0.29) is 32.2 Å². The van der Waals surface area contributed by atoms with E-state index in [9.17, 15) is 0 Å². The summed E-state index contributed by atoms with van der Waals surface area (Å²) in [5, 5.41) is 10.9. The Kier molecular flexibility index (Phi) is 16.8. The van der Waals surface area contributed by atoms with Crippen LogP contribution in [0.1, 0.15) is 25.0 Å². The fourth-order valence-corrected chi connectivity index (χ4v) is 4.80. The molecule has 0 heterocycles. The molecular formula is C37H36Cl2SiZr-4. The fourth-order valence-electron chi connectivity index (χ4n) is 4.80. The van der Waals surface area contributed by atoms with Gasteiger partial charge in [-0.15, -0.1) is 81.8 Å². The van der Waals surface area contributed by atoms with Gasteiger partial charge in [-0.3, -0.25) is 0 Å². The van der Waals surface area contributed by atoms with Crippen LogP contribution in [-0.2, 0) is 36.2 Å². The van der Waals surface area contributed by atoms with Gasteiger partial charge in [-0.25, -0.2) is 0 Å². The number of fused-ring (bicyclic) bond motifs is 6. The molecule has 0 saturated carbocycles. The van der Waals surface area contributed by atoms with E-state index in [0.29, 0.717) is 0 Å². The number of benzene rings is 5. The second-order valence-corrected chi connectivity index (χ2v) is 9.09. The van der Waals surface area contributed by atoms with Crippen molar-refractivity contribution in [2.75, 3.05) is 0 Å². The fraction of sp³-hybridized carbons (Fsp3) is 0.108. The Labute approximate surface area is 274 Å². The summed E-state index contributed by atoms with van der Waals surface area (Å²) >= 11 is 1.36. The maximum atomic E-state index is 3.06. The van der Waals surface area contributed by atoms with E-state index in [1.807, 2.05) is 30.3 Å². The summed E-state index contributed by atoms with van der Waals surface area (Å²) in [6.45, 7) is 7.47. The summed E-state index contributed by atoms with van der Waals surface area (Å²) in [5.74, 6) is 0. The van der Waals surface area contributed by atoms with E-state index in [2.05, 4.69) is 124 Å².